The van der Waals surface area contributed by atoms with Crippen molar-refractivity contribution in [3.05, 3.63) is 29.6 Å². The van der Waals surface area contributed by atoms with E-state index in [0.29, 0.717) is 6.42 Å². The zero-order valence-corrected chi connectivity index (χ0v) is 9.28. The third-order valence-corrected chi connectivity index (χ3v) is 2.42. The molecule has 1 rings (SSSR count). The van der Waals surface area contributed by atoms with Crippen molar-refractivity contribution < 1.29 is 23.4 Å². The van der Waals surface area contributed by atoms with E-state index in [4.69, 9.17) is 0 Å². The van der Waals surface area contributed by atoms with Crippen LogP contribution >= 0.6 is 0 Å². The molecule has 0 aromatic carbocycles. The second kappa shape index (κ2) is 5.46. The minimum atomic E-state index is -4.56. The molecule has 0 saturated carbocycles. The zero-order chi connectivity index (χ0) is 13.1. The lowest BCUT2D eigenvalue weighted by Gasteiger charge is -2.20. The first-order valence-electron chi connectivity index (χ1n) is 5.25. The molecule has 0 bridgehead atoms. The molecule has 1 aromatic rings. The van der Waals surface area contributed by atoms with Gasteiger partial charge >= 0.3 is 6.18 Å². The molecule has 0 radical (unpaired) electrons. The smallest absolute Gasteiger partial charge is 0.390 e. The van der Waals surface area contributed by atoms with Crippen LogP contribution < -0.4 is 0 Å². The van der Waals surface area contributed by atoms with E-state index < -0.39 is 23.9 Å². The Morgan fingerprint density at radius 1 is 1.35 bits per heavy atom. The van der Waals surface area contributed by atoms with Gasteiger partial charge in [-0.2, -0.15) is 13.2 Å². The van der Waals surface area contributed by atoms with Gasteiger partial charge < -0.3 is 10.2 Å². The van der Waals surface area contributed by atoms with Gasteiger partial charge in [0.2, 0.25) is 0 Å². The summed E-state index contributed by atoms with van der Waals surface area (Å²) in [7, 11) is 0. The molecule has 17 heavy (non-hydrogen) atoms. The summed E-state index contributed by atoms with van der Waals surface area (Å²) in [5.74, 6) is 0. The molecule has 0 aliphatic heterocycles. The highest BCUT2D eigenvalue weighted by Gasteiger charge is 2.36. The minimum absolute atomic E-state index is 0.230. The van der Waals surface area contributed by atoms with Gasteiger partial charge in [0.1, 0.15) is 6.10 Å². The average molecular weight is 249 g/mol. The molecule has 2 unspecified atom stereocenters. The van der Waals surface area contributed by atoms with Crippen LogP contribution in [0.15, 0.2) is 18.5 Å². The van der Waals surface area contributed by atoms with Crippen molar-refractivity contribution in [1.82, 2.24) is 4.98 Å². The Morgan fingerprint density at radius 3 is 2.53 bits per heavy atom. The highest BCUT2D eigenvalue weighted by Crippen LogP contribution is 2.35. The third kappa shape index (κ3) is 3.41. The second-order valence-electron chi connectivity index (χ2n) is 3.76. The maximum Gasteiger partial charge on any atom is 0.416 e. The molecule has 2 atom stereocenters. The topological polar surface area (TPSA) is 53.4 Å². The predicted octanol–water partition coefficient (Wildman–Crippen LogP) is 2.29. The van der Waals surface area contributed by atoms with Crippen LogP contribution in [0.4, 0.5) is 13.2 Å². The van der Waals surface area contributed by atoms with Crippen LogP contribution in [0.25, 0.3) is 0 Å². The first-order chi connectivity index (χ1) is 7.88. The second-order valence-corrected chi connectivity index (χ2v) is 3.76. The zero-order valence-electron chi connectivity index (χ0n) is 9.28. The molecule has 0 spiro atoms. The Labute approximate surface area is 96.9 Å². The van der Waals surface area contributed by atoms with Gasteiger partial charge in [-0.3, -0.25) is 4.98 Å². The molecule has 0 aliphatic rings. The van der Waals surface area contributed by atoms with E-state index in [1.54, 1.807) is 6.92 Å². The number of aliphatic hydroxyl groups excluding tert-OH is 2. The number of hydrogen-bond acceptors (Lipinski definition) is 3. The summed E-state index contributed by atoms with van der Waals surface area (Å²) < 4.78 is 37.9. The van der Waals surface area contributed by atoms with Crippen LogP contribution in [-0.2, 0) is 6.18 Å². The van der Waals surface area contributed by atoms with Gasteiger partial charge in [0.05, 0.1) is 11.7 Å². The molecule has 3 nitrogen and oxygen atoms in total. The Balaban J connectivity index is 3.05. The molecule has 0 amide bonds. The molecular formula is C11H14F3NO2. The largest absolute Gasteiger partial charge is 0.416 e. The van der Waals surface area contributed by atoms with Crippen LogP contribution in [0.2, 0.25) is 0 Å². The number of rotatable bonds is 4. The lowest BCUT2D eigenvalue weighted by molar-refractivity contribution is -0.140. The van der Waals surface area contributed by atoms with E-state index in [1.807, 2.05) is 0 Å². The highest BCUT2D eigenvalue weighted by atomic mass is 19.4. The summed E-state index contributed by atoms with van der Waals surface area (Å²) in [6, 6.07) is 0.789. The molecule has 2 N–H and O–H groups in total. The van der Waals surface area contributed by atoms with Gasteiger partial charge in [-0.05, 0) is 12.5 Å². The van der Waals surface area contributed by atoms with E-state index in [1.165, 1.54) is 0 Å². The number of hydrogen-bond donors (Lipinski definition) is 2. The molecule has 96 valence electrons. The van der Waals surface area contributed by atoms with Crippen LogP contribution in [0.3, 0.4) is 0 Å². The van der Waals surface area contributed by atoms with Crippen molar-refractivity contribution in [2.24, 2.45) is 0 Å². The van der Waals surface area contributed by atoms with E-state index in [-0.39, 0.29) is 12.0 Å². The lowest BCUT2D eigenvalue weighted by Crippen LogP contribution is -2.22. The van der Waals surface area contributed by atoms with Crippen molar-refractivity contribution in [1.29, 1.82) is 0 Å². The normalized spacial score (nSPS) is 15.6. The quantitative estimate of drug-likeness (QED) is 0.860. The number of nitrogens with zero attached hydrogens (tertiary/aromatic N) is 1. The highest BCUT2D eigenvalue weighted by molar-refractivity contribution is 5.28. The minimum Gasteiger partial charge on any atom is -0.390 e. The fourth-order valence-corrected chi connectivity index (χ4v) is 1.56. The number of pyridine rings is 1. The van der Waals surface area contributed by atoms with E-state index in [9.17, 15) is 23.4 Å². The van der Waals surface area contributed by atoms with Crippen molar-refractivity contribution in [2.75, 3.05) is 0 Å². The monoisotopic (exact) mass is 249 g/mol. The van der Waals surface area contributed by atoms with Gasteiger partial charge in [-0.1, -0.05) is 13.3 Å². The van der Waals surface area contributed by atoms with E-state index in [0.717, 1.165) is 18.5 Å². The van der Waals surface area contributed by atoms with Crippen molar-refractivity contribution in [2.45, 2.75) is 38.1 Å². The standard InChI is InChI=1S/C11H14F3NO2/c1-2-3-9(16)10(17)7-6-15-5-4-8(7)11(12,13)14/h4-6,9-10,16-17H,2-3H2,1H3. The molecule has 0 saturated heterocycles. The summed E-state index contributed by atoms with van der Waals surface area (Å²) in [4.78, 5) is 3.55. The van der Waals surface area contributed by atoms with Crippen molar-refractivity contribution in [3.8, 4) is 0 Å². The SMILES string of the molecule is CCCC(O)C(O)c1cnccc1C(F)(F)F. The molecular weight excluding hydrogens is 235 g/mol. The summed E-state index contributed by atoms with van der Waals surface area (Å²) in [5.41, 5.74) is -1.35. The molecule has 0 aliphatic carbocycles. The van der Waals surface area contributed by atoms with Gasteiger partial charge in [0, 0.05) is 18.0 Å². The van der Waals surface area contributed by atoms with E-state index in [2.05, 4.69) is 4.98 Å². The summed E-state index contributed by atoms with van der Waals surface area (Å²) in [6.45, 7) is 1.77. The van der Waals surface area contributed by atoms with Crippen LogP contribution in [0, 0.1) is 0 Å². The molecule has 0 fully saturated rings. The van der Waals surface area contributed by atoms with Gasteiger partial charge in [0.25, 0.3) is 0 Å². The number of aliphatic hydroxyl groups is 2. The Kier molecular flexibility index (Phi) is 4.47. The summed E-state index contributed by atoms with van der Waals surface area (Å²) >= 11 is 0. The van der Waals surface area contributed by atoms with Gasteiger partial charge in [-0.25, -0.2) is 0 Å². The van der Waals surface area contributed by atoms with Crippen molar-refractivity contribution >= 4 is 0 Å². The Bertz CT molecular complexity index is 368. The van der Waals surface area contributed by atoms with Gasteiger partial charge in [0.15, 0.2) is 0 Å². The molecule has 6 heteroatoms. The maximum absolute atomic E-state index is 12.6. The Hall–Kier alpha value is -1.14. The fourth-order valence-electron chi connectivity index (χ4n) is 1.56. The first kappa shape index (κ1) is 13.9. The van der Waals surface area contributed by atoms with E-state index >= 15 is 0 Å². The van der Waals surface area contributed by atoms with Crippen molar-refractivity contribution in [3.63, 3.8) is 0 Å². The Morgan fingerprint density at radius 2 is 2.00 bits per heavy atom. The van der Waals surface area contributed by atoms with Crippen LogP contribution in [0.1, 0.15) is 37.0 Å². The maximum atomic E-state index is 12.6. The third-order valence-electron chi connectivity index (χ3n) is 2.42. The summed E-state index contributed by atoms with van der Waals surface area (Å²) in [6.07, 6.45) is -4.61. The average Bonchev–Trinajstić information content (AvgIpc) is 2.27. The van der Waals surface area contributed by atoms with Crippen LogP contribution in [-0.4, -0.2) is 21.3 Å². The summed E-state index contributed by atoms with van der Waals surface area (Å²) in [5, 5.41) is 19.2. The van der Waals surface area contributed by atoms with Crippen LogP contribution in [0.5, 0.6) is 0 Å². The molecule has 1 heterocycles. The number of aromatic nitrogens is 1. The number of alkyl halides is 3. The molecule has 1 aromatic heterocycles. The predicted molar refractivity (Wildman–Crippen MR) is 55.1 cm³/mol. The number of halogens is 3. The lowest BCUT2D eigenvalue weighted by atomic mass is 9.98. The fraction of sp³-hybridized carbons (Fsp3) is 0.545. The first-order valence-corrected chi connectivity index (χ1v) is 5.25. The van der Waals surface area contributed by atoms with Gasteiger partial charge in [-0.15, -0.1) is 0 Å².